The summed E-state index contributed by atoms with van der Waals surface area (Å²) in [4.78, 5) is 44.8. The fraction of sp³-hybridized carbons (Fsp3) is 0.381. The van der Waals surface area contributed by atoms with Crippen molar-refractivity contribution in [1.29, 1.82) is 5.26 Å². The molecule has 0 saturated carbocycles. The summed E-state index contributed by atoms with van der Waals surface area (Å²) in [5.41, 5.74) is 5.52. The Hall–Kier alpha value is -3.49. The Kier molecular flexibility index (Phi) is 8.53. The number of hydrazine groups is 1. The summed E-state index contributed by atoms with van der Waals surface area (Å²) >= 11 is 1.35. The molecule has 10 nitrogen and oxygen atoms in total. The number of anilines is 2. The van der Waals surface area contributed by atoms with Gasteiger partial charge in [-0.2, -0.15) is 5.26 Å². The molecule has 1 fully saturated rings. The molecule has 168 valence electrons. The Labute approximate surface area is 189 Å². The summed E-state index contributed by atoms with van der Waals surface area (Å²) in [6, 6.07) is 11.0. The lowest BCUT2D eigenvalue weighted by atomic mass is 10.2. The number of rotatable bonds is 8. The van der Waals surface area contributed by atoms with Gasteiger partial charge in [-0.15, -0.1) is 11.3 Å². The molecule has 1 aliphatic heterocycles. The van der Waals surface area contributed by atoms with Crippen molar-refractivity contribution in [2.75, 3.05) is 42.6 Å². The first-order chi connectivity index (χ1) is 15.6. The number of nitrogens with zero attached hydrogens (tertiary/aromatic N) is 4. The van der Waals surface area contributed by atoms with Crippen molar-refractivity contribution in [3.05, 3.63) is 41.4 Å². The standard InChI is InChI=1S/C21H24N6O4S/c22-9-4-10-27(16-5-2-1-3-6-16)19(29)8-7-18(28)24-25-20(30)17-15-32-21(23-17)26-11-13-31-14-12-26/h1-3,5-6,15H,4,7-8,10-14H2,(H,24,28)(H,25,30). The van der Waals surface area contributed by atoms with E-state index in [9.17, 15) is 14.4 Å². The number of carbonyl (C=O) groups is 3. The molecular formula is C21H24N6O4S. The van der Waals surface area contributed by atoms with Crippen molar-refractivity contribution in [1.82, 2.24) is 15.8 Å². The van der Waals surface area contributed by atoms with Crippen LogP contribution in [-0.4, -0.2) is 55.6 Å². The zero-order valence-corrected chi connectivity index (χ0v) is 18.3. The summed E-state index contributed by atoms with van der Waals surface area (Å²) in [5.74, 6) is -1.30. The van der Waals surface area contributed by atoms with Gasteiger partial charge in [-0.1, -0.05) is 18.2 Å². The van der Waals surface area contributed by atoms with Gasteiger partial charge in [0.1, 0.15) is 5.69 Å². The number of amides is 3. The van der Waals surface area contributed by atoms with Crippen LogP contribution in [-0.2, 0) is 14.3 Å². The Balaban J connectivity index is 1.46. The molecule has 3 amide bonds. The topological polar surface area (TPSA) is 128 Å². The Bertz CT molecular complexity index is 968. The van der Waals surface area contributed by atoms with Gasteiger partial charge in [0, 0.05) is 43.5 Å². The van der Waals surface area contributed by atoms with Gasteiger partial charge in [0.05, 0.1) is 25.7 Å². The molecule has 32 heavy (non-hydrogen) atoms. The van der Waals surface area contributed by atoms with Crippen molar-refractivity contribution in [2.45, 2.75) is 19.3 Å². The van der Waals surface area contributed by atoms with E-state index >= 15 is 0 Å². The molecule has 3 rings (SSSR count). The zero-order chi connectivity index (χ0) is 22.8. The largest absolute Gasteiger partial charge is 0.378 e. The van der Waals surface area contributed by atoms with Crippen molar-refractivity contribution in [3.8, 4) is 6.07 Å². The highest BCUT2D eigenvalue weighted by molar-refractivity contribution is 7.13. The smallest absolute Gasteiger partial charge is 0.289 e. The molecule has 2 N–H and O–H groups in total. The van der Waals surface area contributed by atoms with Gasteiger partial charge >= 0.3 is 0 Å². The lowest BCUT2D eigenvalue weighted by molar-refractivity contribution is -0.125. The minimum absolute atomic E-state index is 0.0556. The van der Waals surface area contributed by atoms with Crippen LogP contribution in [0.4, 0.5) is 10.8 Å². The van der Waals surface area contributed by atoms with Crippen LogP contribution in [0.3, 0.4) is 0 Å². The number of hydrogen-bond acceptors (Lipinski definition) is 8. The highest BCUT2D eigenvalue weighted by atomic mass is 32.1. The van der Waals surface area contributed by atoms with Crippen LogP contribution in [0.5, 0.6) is 0 Å². The van der Waals surface area contributed by atoms with E-state index in [1.54, 1.807) is 29.6 Å². The zero-order valence-electron chi connectivity index (χ0n) is 17.5. The number of thiazole rings is 1. The lowest BCUT2D eigenvalue weighted by Crippen LogP contribution is -2.42. The lowest BCUT2D eigenvalue weighted by Gasteiger charge is -2.25. The predicted molar refractivity (Wildman–Crippen MR) is 119 cm³/mol. The number of benzene rings is 1. The number of carbonyl (C=O) groups excluding carboxylic acids is 3. The first-order valence-electron chi connectivity index (χ1n) is 10.2. The van der Waals surface area contributed by atoms with Crippen LogP contribution in [0.25, 0.3) is 0 Å². The van der Waals surface area contributed by atoms with Gasteiger partial charge in [0.15, 0.2) is 5.13 Å². The number of nitrogens with one attached hydrogen (secondary N) is 2. The molecule has 2 aromatic rings. The summed E-state index contributed by atoms with van der Waals surface area (Å²) in [6.45, 7) is 2.91. The molecule has 1 aromatic heterocycles. The van der Waals surface area contributed by atoms with Gasteiger partial charge in [0.25, 0.3) is 5.91 Å². The van der Waals surface area contributed by atoms with Gasteiger partial charge in [-0.3, -0.25) is 25.2 Å². The van der Waals surface area contributed by atoms with Crippen LogP contribution in [0.2, 0.25) is 0 Å². The summed E-state index contributed by atoms with van der Waals surface area (Å²) in [7, 11) is 0. The SMILES string of the molecule is N#CCCN(C(=O)CCC(=O)NNC(=O)c1csc(N2CCOCC2)n1)c1ccccc1. The summed E-state index contributed by atoms with van der Waals surface area (Å²) in [5, 5.41) is 11.2. The second kappa shape index (κ2) is 11.8. The Morgan fingerprint density at radius 1 is 1.16 bits per heavy atom. The molecule has 0 aliphatic carbocycles. The normalized spacial score (nSPS) is 13.2. The first kappa shape index (κ1) is 23.2. The van der Waals surface area contributed by atoms with Crippen molar-refractivity contribution in [3.63, 3.8) is 0 Å². The maximum Gasteiger partial charge on any atom is 0.289 e. The van der Waals surface area contributed by atoms with Gasteiger partial charge in [-0.25, -0.2) is 4.98 Å². The molecule has 0 spiro atoms. The highest BCUT2D eigenvalue weighted by Gasteiger charge is 2.19. The van der Waals surface area contributed by atoms with E-state index in [4.69, 9.17) is 10.00 Å². The van der Waals surface area contributed by atoms with E-state index in [-0.39, 0.29) is 37.4 Å². The van der Waals surface area contributed by atoms with Gasteiger partial charge in [0.2, 0.25) is 11.8 Å². The second-order valence-corrected chi connectivity index (χ2v) is 7.74. The molecule has 1 aromatic carbocycles. The number of aromatic nitrogens is 1. The monoisotopic (exact) mass is 456 g/mol. The van der Waals surface area contributed by atoms with Gasteiger partial charge < -0.3 is 14.5 Å². The predicted octanol–water partition coefficient (Wildman–Crippen LogP) is 1.47. The molecular weight excluding hydrogens is 432 g/mol. The van der Waals surface area contributed by atoms with E-state index in [2.05, 4.69) is 15.8 Å². The third kappa shape index (κ3) is 6.50. The highest BCUT2D eigenvalue weighted by Crippen LogP contribution is 2.21. The molecule has 2 heterocycles. The molecule has 1 saturated heterocycles. The number of morpholine rings is 1. The Morgan fingerprint density at radius 3 is 2.62 bits per heavy atom. The van der Waals surface area contributed by atoms with E-state index in [0.29, 0.717) is 32.0 Å². The molecule has 11 heteroatoms. The van der Waals surface area contributed by atoms with Crippen LogP contribution < -0.4 is 20.7 Å². The number of ether oxygens (including phenoxy) is 1. The number of hydrogen-bond donors (Lipinski definition) is 2. The molecule has 0 bridgehead atoms. The minimum atomic E-state index is -0.527. The fourth-order valence-corrected chi connectivity index (χ4v) is 3.90. The van der Waals surface area contributed by atoms with Crippen LogP contribution >= 0.6 is 11.3 Å². The van der Waals surface area contributed by atoms with Gasteiger partial charge in [-0.05, 0) is 12.1 Å². The second-order valence-electron chi connectivity index (χ2n) is 6.91. The number of para-hydroxylation sites is 1. The van der Waals surface area contributed by atoms with Crippen LogP contribution in [0, 0.1) is 11.3 Å². The van der Waals surface area contributed by atoms with Crippen LogP contribution in [0.15, 0.2) is 35.7 Å². The van der Waals surface area contributed by atoms with Crippen molar-refractivity contribution in [2.24, 2.45) is 0 Å². The quantitative estimate of drug-likeness (QED) is 0.576. The molecule has 1 aliphatic rings. The third-order valence-corrected chi connectivity index (χ3v) is 5.61. The third-order valence-electron chi connectivity index (χ3n) is 4.70. The van der Waals surface area contributed by atoms with E-state index in [1.807, 2.05) is 17.0 Å². The Morgan fingerprint density at radius 2 is 1.91 bits per heavy atom. The first-order valence-corrected chi connectivity index (χ1v) is 11.1. The average Bonchev–Trinajstić information content (AvgIpc) is 3.33. The average molecular weight is 457 g/mol. The van der Waals surface area contributed by atoms with E-state index in [0.717, 1.165) is 5.13 Å². The van der Waals surface area contributed by atoms with Crippen molar-refractivity contribution >= 4 is 39.9 Å². The van der Waals surface area contributed by atoms with Crippen LogP contribution in [0.1, 0.15) is 29.8 Å². The fourth-order valence-electron chi connectivity index (χ4n) is 3.04. The minimum Gasteiger partial charge on any atom is -0.378 e. The summed E-state index contributed by atoms with van der Waals surface area (Å²) in [6.07, 6.45) is 0.0218. The molecule has 0 atom stereocenters. The molecule has 0 radical (unpaired) electrons. The maximum absolute atomic E-state index is 12.6. The van der Waals surface area contributed by atoms with E-state index in [1.165, 1.54) is 16.2 Å². The molecule has 0 unspecified atom stereocenters. The van der Waals surface area contributed by atoms with Crippen molar-refractivity contribution < 1.29 is 19.1 Å². The number of nitriles is 1. The summed E-state index contributed by atoms with van der Waals surface area (Å²) < 4.78 is 5.31. The van der Waals surface area contributed by atoms with E-state index < -0.39 is 11.8 Å². The maximum atomic E-state index is 12.6.